The van der Waals surface area contributed by atoms with Crippen LogP contribution in [0.15, 0.2) is 0 Å². The van der Waals surface area contributed by atoms with Gasteiger partial charge < -0.3 is 5.32 Å². The lowest BCUT2D eigenvalue weighted by atomic mass is 10.2. The summed E-state index contributed by atoms with van der Waals surface area (Å²) in [7, 11) is -4.20. The van der Waals surface area contributed by atoms with Crippen LogP contribution in [0.3, 0.4) is 0 Å². The predicted octanol–water partition coefficient (Wildman–Crippen LogP) is 0.376. The molecule has 1 fully saturated rings. The van der Waals surface area contributed by atoms with Crippen molar-refractivity contribution < 1.29 is 17.2 Å². The van der Waals surface area contributed by atoms with E-state index in [2.05, 4.69) is 5.32 Å². The molecule has 1 heterocycles. The van der Waals surface area contributed by atoms with E-state index in [-0.39, 0.29) is 6.54 Å². The molecule has 0 aliphatic carbocycles. The molecular formula is C6H11F2NO2S. The van der Waals surface area contributed by atoms with Crippen molar-refractivity contribution >= 4 is 9.84 Å². The summed E-state index contributed by atoms with van der Waals surface area (Å²) in [5.41, 5.74) is 0. The number of sulfone groups is 1. The molecule has 1 unspecified atom stereocenters. The Bertz CT molecular complexity index is 234. The quantitative estimate of drug-likeness (QED) is 0.699. The number of rotatable bonds is 2. The highest BCUT2D eigenvalue weighted by molar-refractivity contribution is 7.92. The number of hydrogen-bond donors (Lipinski definition) is 1. The molecule has 1 N–H and O–H groups in total. The molecule has 1 saturated heterocycles. The average molecular weight is 199 g/mol. The average Bonchev–Trinajstić information content (AvgIpc) is 2.06. The Morgan fingerprint density at radius 1 is 1.42 bits per heavy atom. The van der Waals surface area contributed by atoms with Gasteiger partial charge in [0, 0.05) is 6.54 Å². The van der Waals surface area contributed by atoms with E-state index < -0.39 is 20.8 Å². The summed E-state index contributed by atoms with van der Waals surface area (Å²) < 4.78 is 45.8. The van der Waals surface area contributed by atoms with Gasteiger partial charge in [0.15, 0.2) is 0 Å². The molecule has 12 heavy (non-hydrogen) atoms. The fourth-order valence-corrected chi connectivity index (χ4v) is 2.38. The van der Waals surface area contributed by atoms with Gasteiger partial charge in [0.05, 0.1) is 5.25 Å². The second-order valence-electron chi connectivity index (χ2n) is 2.82. The topological polar surface area (TPSA) is 46.2 Å². The highest BCUT2D eigenvalue weighted by Crippen LogP contribution is 2.18. The van der Waals surface area contributed by atoms with Gasteiger partial charge in [-0.25, -0.2) is 8.42 Å². The molecule has 6 heteroatoms. The van der Waals surface area contributed by atoms with E-state index in [1.165, 1.54) is 0 Å². The second-order valence-corrected chi connectivity index (χ2v) is 5.02. The van der Waals surface area contributed by atoms with Crippen molar-refractivity contribution in [2.75, 3.05) is 13.1 Å². The van der Waals surface area contributed by atoms with E-state index in [1.54, 1.807) is 0 Å². The molecule has 1 rings (SSSR count). The Morgan fingerprint density at radius 3 is 2.50 bits per heavy atom. The third-order valence-electron chi connectivity index (χ3n) is 1.96. The largest absolute Gasteiger partial charge is 0.337 e. The van der Waals surface area contributed by atoms with Crippen molar-refractivity contribution in [3.8, 4) is 0 Å². The Labute approximate surface area is 70.1 Å². The third-order valence-corrected chi connectivity index (χ3v) is 3.79. The molecule has 0 amide bonds. The number of piperidine rings is 1. The van der Waals surface area contributed by atoms with Crippen LogP contribution in [0.25, 0.3) is 0 Å². The molecule has 0 saturated carbocycles. The molecule has 0 spiro atoms. The summed E-state index contributed by atoms with van der Waals surface area (Å²) in [6, 6.07) is 0. The van der Waals surface area contributed by atoms with Crippen molar-refractivity contribution in [3.05, 3.63) is 0 Å². The first kappa shape index (κ1) is 9.85. The van der Waals surface area contributed by atoms with Crippen molar-refractivity contribution in [2.45, 2.75) is 23.8 Å². The molecule has 1 aliphatic heterocycles. The summed E-state index contributed by atoms with van der Waals surface area (Å²) in [5, 5.41) is 1.89. The van der Waals surface area contributed by atoms with Gasteiger partial charge in [0.1, 0.15) is 0 Å². The van der Waals surface area contributed by atoms with Crippen LogP contribution in [0.5, 0.6) is 0 Å². The smallest absolute Gasteiger partial charge is 0.315 e. The Balaban J connectivity index is 2.67. The van der Waals surface area contributed by atoms with Gasteiger partial charge in [0.2, 0.25) is 9.84 Å². The first-order valence-corrected chi connectivity index (χ1v) is 5.37. The fraction of sp³-hybridized carbons (Fsp3) is 1.00. The van der Waals surface area contributed by atoms with Gasteiger partial charge in [-0.2, -0.15) is 8.78 Å². The lowest BCUT2D eigenvalue weighted by Crippen LogP contribution is -2.41. The first-order chi connectivity index (χ1) is 5.55. The maximum atomic E-state index is 12.0. The number of halogens is 2. The lowest BCUT2D eigenvalue weighted by Gasteiger charge is -2.21. The molecule has 0 bridgehead atoms. The maximum absolute atomic E-state index is 12.0. The standard InChI is InChI=1S/C6H11F2NO2S/c7-6(8)12(10,11)5-2-1-3-9-4-5/h5-6,9H,1-4H2. The number of hydrogen-bond acceptors (Lipinski definition) is 3. The van der Waals surface area contributed by atoms with Gasteiger partial charge in [-0.1, -0.05) is 0 Å². The van der Waals surface area contributed by atoms with Gasteiger partial charge in [0.25, 0.3) is 0 Å². The zero-order valence-corrected chi connectivity index (χ0v) is 7.28. The van der Waals surface area contributed by atoms with E-state index in [9.17, 15) is 17.2 Å². The molecular weight excluding hydrogens is 188 g/mol. The second kappa shape index (κ2) is 3.66. The molecule has 1 aliphatic rings. The van der Waals surface area contributed by atoms with E-state index in [1.807, 2.05) is 0 Å². The van der Waals surface area contributed by atoms with Gasteiger partial charge in [-0.3, -0.25) is 0 Å². The zero-order valence-electron chi connectivity index (χ0n) is 6.46. The summed E-state index contributed by atoms with van der Waals surface area (Å²) in [5.74, 6) is -3.23. The van der Waals surface area contributed by atoms with E-state index in [4.69, 9.17) is 0 Å². The zero-order chi connectivity index (χ0) is 9.19. The highest BCUT2D eigenvalue weighted by atomic mass is 32.2. The van der Waals surface area contributed by atoms with Crippen molar-refractivity contribution in [1.82, 2.24) is 5.32 Å². The van der Waals surface area contributed by atoms with E-state index >= 15 is 0 Å². The predicted molar refractivity (Wildman–Crippen MR) is 40.8 cm³/mol. The first-order valence-electron chi connectivity index (χ1n) is 3.76. The summed E-state index contributed by atoms with van der Waals surface area (Å²) >= 11 is 0. The van der Waals surface area contributed by atoms with Gasteiger partial charge in [-0.15, -0.1) is 0 Å². The molecule has 0 radical (unpaired) electrons. The van der Waals surface area contributed by atoms with E-state index in [0.717, 1.165) is 6.54 Å². The number of nitrogens with one attached hydrogen (secondary N) is 1. The van der Waals surface area contributed by atoms with Crippen LogP contribution in [0.4, 0.5) is 8.78 Å². The molecule has 0 aromatic heterocycles. The molecule has 72 valence electrons. The monoisotopic (exact) mass is 199 g/mol. The van der Waals surface area contributed by atoms with Crippen LogP contribution in [0.2, 0.25) is 0 Å². The molecule has 1 atom stereocenters. The maximum Gasteiger partial charge on any atom is 0.337 e. The van der Waals surface area contributed by atoms with Crippen LogP contribution < -0.4 is 5.32 Å². The van der Waals surface area contributed by atoms with Gasteiger partial charge in [-0.05, 0) is 19.4 Å². The molecule has 0 aromatic carbocycles. The minimum absolute atomic E-state index is 0.159. The minimum atomic E-state index is -4.20. The van der Waals surface area contributed by atoms with Crippen molar-refractivity contribution in [3.63, 3.8) is 0 Å². The van der Waals surface area contributed by atoms with Crippen LogP contribution >= 0.6 is 0 Å². The minimum Gasteiger partial charge on any atom is -0.315 e. The summed E-state index contributed by atoms with van der Waals surface area (Å²) in [6.45, 7) is 0.877. The Morgan fingerprint density at radius 2 is 2.08 bits per heavy atom. The highest BCUT2D eigenvalue weighted by Gasteiger charge is 2.34. The SMILES string of the molecule is O=S(=O)(C(F)F)C1CCCNC1. The third kappa shape index (κ3) is 1.92. The lowest BCUT2D eigenvalue weighted by molar-refractivity contribution is 0.231. The molecule has 0 aromatic rings. The van der Waals surface area contributed by atoms with Crippen molar-refractivity contribution in [2.24, 2.45) is 0 Å². The van der Waals surface area contributed by atoms with Gasteiger partial charge >= 0.3 is 5.76 Å². The summed E-state index contributed by atoms with van der Waals surface area (Å²) in [6.07, 6.45) is 0.996. The van der Waals surface area contributed by atoms with E-state index in [0.29, 0.717) is 12.8 Å². The van der Waals surface area contributed by atoms with Crippen LogP contribution in [0.1, 0.15) is 12.8 Å². The summed E-state index contributed by atoms with van der Waals surface area (Å²) in [4.78, 5) is 0. The van der Waals surface area contributed by atoms with Crippen LogP contribution in [0, 0.1) is 0 Å². The van der Waals surface area contributed by atoms with Crippen LogP contribution in [-0.2, 0) is 9.84 Å². The molecule has 3 nitrogen and oxygen atoms in total. The number of alkyl halides is 2. The van der Waals surface area contributed by atoms with Crippen molar-refractivity contribution in [1.29, 1.82) is 0 Å². The fourth-order valence-electron chi connectivity index (χ4n) is 1.25. The Hall–Kier alpha value is -0.230. The van der Waals surface area contributed by atoms with Crippen LogP contribution in [-0.4, -0.2) is 32.5 Å². The Kier molecular flexibility index (Phi) is 3.00. The normalized spacial score (nSPS) is 26.1.